The van der Waals surface area contributed by atoms with Crippen LogP contribution >= 0.6 is 0 Å². The summed E-state index contributed by atoms with van der Waals surface area (Å²) in [5.74, 6) is 0.00241. The van der Waals surface area contributed by atoms with Gasteiger partial charge in [0.2, 0.25) is 0 Å². The number of piperazine rings is 1. The number of amides is 1. The van der Waals surface area contributed by atoms with E-state index in [0.29, 0.717) is 11.6 Å². The second-order valence-electron chi connectivity index (χ2n) is 5.16. The molecular formula is C14H19N3O2. The molecule has 2 heterocycles. The lowest BCUT2D eigenvalue weighted by Gasteiger charge is -2.43. The lowest BCUT2D eigenvalue weighted by atomic mass is 10.1. The summed E-state index contributed by atoms with van der Waals surface area (Å²) >= 11 is 0. The van der Waals surface area contributed by atoms with Gasteiger partial charge in [0.05, 0.1) is 5.56 Å². The molecule has 1 aromatic rings. The molecule has 2 N–H and O–H groups in total. The maximum absolute atomic E-state index is 12.3. The van der Waals surface area contributed by atoms with Crippen molar-refractivity contribution in [2.45, 2.75) is 6.04 Å². The van der Waals surface area contributed by atoms with Crippen molar-refractivity contribution in [3.8, 4) is 5.75 Å². The average molecular weight is 261 g/mol. The Morgan fingerprint density at radius 2 is 1.84 bits per heavy atom. The first-order chi connectivity index (χ1) is 9.25. The first-order valence-corrected chi connectivity index (χ1v) is 6.78. The van der Waals surface area contributed by atoms with Crippen LogP contribution in [0.2, 0.25) is 0 Å². The molecule has 19 heavy (non-hydrogen) atoms. The number of phenols is 1. The maximum Gasteiger partial charge on any atom is 0.257 e. The number of carbonyl (C=O) groups excluding carboxylic acids is 1. The van der Waals surface area contributed by atoms with Crippen molar-refractivity contribution in [1.29, 1.82) is 0 Å². The van der Waals surface area contributed by atoms with E-state index in [9.17, 15) is 9.90 Å². The zero-order valence-electron chi connectivity index (χ0n) is 10.9. The Morgan fingerprint density at radius 1 is 1.16 bits per heavy atom. The predicted octanol–water partition coefficient (Wildman–Crippen LogP) is 0.122. The van der Waals surface area contributed by atoms with E-state index >= 15 is 0 Å². The van der Waals surface area contributed by atoms with Crippen LogP contribution in [0, 0.1) is 0 Å². The Hall–Kier alpha value is -1.59. The molecule has 0 unspecified atom stereocenters. The monoisotopic (exact) mass is 261 g/mol. The molecule has 0 atom stereocenters. The summed E-state index contributed by atoms with van der Waals surface area (Å²) in [5.41, 5.74) is 0.404. The SMILES string of the molecule is O=C(c1ccccc1O)N1CCN(C2CNC2)CC1. The van der Waals surface area contributed by atoms with E-state index in [-0.39, 0.29) is 11.7 Å². The van der Waals surface area contributed by atoms with Crippen molar-refractivity contribution < 1.29 is 9.90 Å². The molecule has 0 aliphatic carbocycles. The average Bonchev–Trinajstić information content (AvgIpc) is 2.37. The van der Waals surface area contributed by atoms with Crippen molar-refractivity contribution in [3.05, 3.63) is 29.8 Å². The highest BCUT2D eigenvalue weighted by atomic mass is 16.3. The third-order valence-corrected chi connectivity index (χ3v) is 4.01. The number of para-hydroxylation sites is 1. The van der Waals surface area contributed by atoms with Gasteiger partial charge in [-0.25, -0.2) is 0 Å². The molecule has 3 rings (SSSR count). The minimum Gasteiger partial charge on any atom is -0.507 e. The van der Waals surface area contributed by atoms with Gasteiger partial charge in [0.1, 0.15) is 5.75 Å². The van der Waals surface area contributed by atoms with Crippen molar-refractivity contribution >= 4 is 5.91 Å². The second kappa shape index (κ2) is 5.19. The smallest absolute Gasteiger partial charge is 0.257 e. The molecule has 0 radical (unpaired) electrons. The molecule has 0 saturated carbocycles. The van der Waals surface area contributed by atoms with Crippen LogP contribution in [0.25, 0.3) is 0 Å². The van der Waals surface area contributed by atoms with Gasteiger partial charge in [0, 0.05) is 45.3 Å². The number of benzene rings is 1. The van der Waals surface area contributed by atoms with Gasteiger partial charge < -0.3 is 15.3 Å². The molecule has 2 saturated heterocycles. The molecule has 0 spiro atoms. The highest BCUT2D eigenvalue weighted by Crippen LogP contribution is 2.19. The number of rotatable bonds is 2. The topological polar surface area (TPSA) is 55.8 Å². The maximum atomic E-state index is 12.3. The summed E-state index contributed by atoms with van der Waals surface area (Å²) in [6.07, 6.45) is 0. The summed E-state index contributed by atoms with van der Waals surface area (Å²) in [6, 6.07) is 7.39. The first-order valence-electron chi connectivity index (χ1n) is 6.78. The number of hydrogen-bond acceptors (Lipinski definition) is 4. The molecule has 5 nitrogen and oxygen atoms in total. The number of phenolic OH excluding ortho intramolecular Hbond substituents is 1. The van der Waals surface area contributed by atoms with Crippen molar-refractivity contribution in [1.82, 2.24) is 15.1 Å². The van der Waals surface area contributed by atoms with Gasteiger partial charge in [-0.3, -0.25) is 9.69 Å². The minimum absolute atomic E-state index is 0.0653. The van der Waals surface area contributed by atoms with Crippen LogP contribution in [-0.2, 0) is 0 Å². The van der Waals surface area contributed by atoms with Crippen molar-refractivity contribution in [3.63, 3.8) is 0 Å². The fourth-order valence-electron chi connectivity index (χ4n) is 2.65. The molecular weight excluding hydrogens is 242 g/mol. The van der Waals surface area contributed by atoms with E-state index < -0.39 is 0 Å². The summed E-state index contributed by atoms with van der Waals surface area (Å²) in [4.78, 5) is 16.6. The van der Waals surface area contributed by atoms with Gasteiger partial charge in [-0.2, -0.15) is 0 Å². The molecule has 1 aromatic carbocycles. The first kappa shape index (κ1) is 12.4. The Balaban J connectivity index is 1.62. The summed E-state index contributed by atoms with van der Waals surface area (Å²) in [5, 5.41) is 13.0. The van der Waals surface area contributed by atoms with Crippen LogP contribution in [0.1, 0.15) is 10.4 Å². The zero-order valence-corrected chi connectivity index (χ0v) is 10.9. The van der Waals surface area contributed by atoms with E-state index in [1.54, 1.807) is 24.3 Å². The Labute approximate surface area is 112 Å². The Kier molecular flexibility index (Phi) is 3.40. The summed E-state index contributed by atoms with van der Waals surface area (Å²) in [6.45, 7) is 5.45. The van der Waals surface area contributed by atoms with Gasteiger partial charge in [0.15, 0.2) is 0 Å². The normalized spacial score (nSPS) is 21.2. The highest BCUT2D eigenvalue weighted by Gasteiger charge is 2.29. The number of nitrogens with one attached hydrogen (secondary N) is 1. The summed E-state index contributed by atoms with van der Waals surface area (Å²) in [7, 11) is 0. The predicted molar refractivity (Wildman–Crippen MR) is 72.2 cm³/mol. The van der Waals surface area contributed by atoms with E-state index in [4.69, 9.17) is 0 Å². The fraction of sp³-hybridized carbons (Fsp3) is 0.500. The molecule has 102 valence electrons. The highest BCUT2D eigenvalue weighted by molar-refractivity contribution is 5.96. The molecule has 2 aliphatic rings. The third-order valence-electron chi connectivity index (χ3n) is 4.01. The van der Waals surface area contributed by atoms with Crippen LogP contribution in [0.4, 0.5) is 0 Å². The molecule has 0 aromatic heterocycles. The van der Waals surface area contributed by atoms with Gasteiger partial charge in [0.25, 0.3) is 5.91 Å². The fourth-order valence-corrected chi connectivity index (χ4v) is 2.65. The third kappa shape index (κ3) is 2.43. The van der Waals surface area contributed by atoms with Crippen LogP contribution in [0.5, 0.6) is 5.75 Å². The number of nitrogens with zero attached hydrogens (tertiary/aromatic N) is 2. The van der Waals surface area contributed by atoms with E-state index in [2.05, 4.69) is 10.2 Å². The van der Waals surface area contributed by atoms with Gasteiger partial charge >= 0.3 is 0 Å². The van der Waals surface area contributed by atoms with Crippen LogP contribution in [0.15, 0.2) is 24.3 Å². The molecule has 1 amide bonds. The zero-order chi connectivity index (χ0) is 13.2. The number of hydrogen-bond donors (Lipinski definition) is 2. The quantitative estimate of drug-likeness (QED) is 0.794. The Bertz CT molecular complexity index is 466. The van der Waals surface area contributed by atoms with Gasteiger partial charge in [-0.15, -0.1) is 0 Å². The number of aromatic hydroxyl groups is 1. The van der Waals surface area contributed by atoms with Crippen molar-refractivity contribution in [2.75, 3.05) is 39.3 Å². The molecule has 2 aliphatic heterocycles. The molecule has 5 heteroatoms. The van der Waals surface area contributed by atoms with E-state index in [0.717, 1.165) is 39.3 Å². The molecule has 0 bridgehead atoms. The Morgan fingerprint density at radius 3 is 2.42 bits per heavy atom. The molecule has 2 fully saturated rings. The van der Waals surface area contributed by atoms with Crippen LogP contribution in [0.3, 0.4) is 0 Å². The van der Waals surface area contributed by atoms with E-state index in [1.165, 1.54) is 0 Å². The van der Waals surface area contributed by atoms with Crippen LogP contribution in [-0.4, -0.2) is 66.1 Å². The lowest BCUT2D eigenvalue weighted by Crippen LogP contribution is -2.62. The second-order valence-corrected chi connectivity index (χ2v) is 5.16. The van der Waals surface area contributed by atoms with E-state index in [1.807, 2.05) is 4.90 Å². The standard InChI is InChI=1S/C14H19N3O2/c18-13-4-2-1-3-12(13)14(19)17-7-5-16(6-8-17)11-9-15-10-11/h1-4,11,15,18H,5-10H2. The van der Waals surface area contributed by atoms with Crippen molar-refractivity contribution in [2.24, 2.45) is 0 Å². The number of carbonyl (C=O) groups is 1. The van der Waals surface area contributed by atoms with Gasteiger partial charge in [-0.1, -0.05) is 12.1 Å². The van der Waals surface area contributed by atoms with Crippen LogP contribution < -0.4 is 5.32 Å². The van der Waals surface area contributed by atoms with Gasteiger partial charge in [-0.05, 0) is 12.1 Å². The lowest BCUT2D eigenvalue weighted by molar-refractivity contribution is 0.0500. The summed E-state index contributed by atoms with van der Waals surface area (Å²) < 4.78 is 0. The minimum atomic E-state index is -0.0653. The largest absolute Gasteiger partial charge is 0.507 e.